The molecular weight excluding hydrogens is 886 g/mol. The Bertz CT molecular complexity index is 1910. The second-order valence-corrected chi connectivity index (χ2v) is 19.6. The Balaban J connectivity index is 1.73. The van der Waals surface area contributed by atoms with Crippen molar-refractivity contribution in [1.82, 2.24) is 30.8 Å². The fourth-order valence-electron chi connectivity index (χ4n) is 8.01. The van der Waals surface area contributed by atoms with Gasteiger partial charge in [-0.3, -0.25) is 29.6 Å². The Morgan fingerprint density at radius 3 is 1.39 bits per heavy atom. The van der Waals surface area contributed by atoms with Crippen LogP contribution in [0.2, 0.25) is 20.1 Å². The number of hydrazine groups is 1. The molecule has 0 atom stereocenters. The number of benzene rings is 2. The number of hydrogen-bond donors (Lipinski definition) is 6. The van der Waals surface area contributed by atoms with E-state index in [1.807, 2.05) is 0 Å². The van der Waals surface area contributed by atoms with Gasteiger partial charge in [0.25, 0.3) is 11.8 Å². The first-order valence-electron chi connectivity index (χ1n) is 20.7. The van der Waals surface area contributed by atoms with Gasteiger partial charge >= 0.3 is 12.1 Å². The number of nitrogens with zero attached hydrogens (tertiary/aromatic N) is 4. The van der Waals surface area contributed by atoms with Gasteiger partial charge in [-0.05, 0) is 84.7 Å². The summed E-state index contributed by atoms with van der Waals surface area (Å²) in [5.74, 6) is -1.96. The number of carbonyl (C=O) groups excluding carboxylic acids is 6. The lowest BCUT2D eigenvalue weighted by Gasteiger charge is -2.43. The van der Waals surface area contributed by atoms with Gasteiger partial charge in [0.1, 0.15) is 13.1 Å². The molecule has 6 N–H and O–H groups in total. The highest BCUT2D eigenvalue weighted by Gasteiger charge is 2.39. The molecule has 2 aromatic rings. The molecule has 0 saturated heterocycles. The van der Waals surface area contributed by atoms with Crippen LogP contribution in [0.1, 0.15) is 91.9 Å². The van der Waals surface area contributed by atoms with Crippen molar-refractivity contribution in [3.05, 3.63) is 56.5 Å². The molecule has 0 aromatic heterocycles. The number of rotatable bonds is 18. The van der Waals surface area contributed by atoms with E-state index in [-0.39, 0.29) is 82.3 Å². The van der Waals surface area contributed by atoms with E-state index in [1.54, 1.807) is 38.7 Å². The monoisotopic (exact) mass is 942 g/mol. The van der Waals surface area contributed by atoms with E-state index < -0.39 is 46.5 Å². The maximum atomic E-state index is 14.7. The number of anilines is 2. The highest BCUT2D eigenvalue weighted by atomic mass is 35.5. The minimum atomic E-state index is -1.08. The third-order valence-corrected chi connectivity index (χ3v) is 12.2. The summed E-state index contributed by atoms with van der Waals surface area (Å²) in [5.41, 5.74) is 1.49. The van der Waals surface area contributed by atoms with Gasteiger partial charge < -0.3 is 20.4 Å². The SMILES string of the molecule is CC(C)(CC(=O)N(CC(=O)NO)CC1CCCC1)CN(C(=O)Nc1cc(Cl)cc(Cl)c1)N(CC(C)(C)CC(=O)N(CC(=O)NO)CC1CCCC1)C(=O)Nc1ccc(Cl)c(Cl)c1. The van der Waals surface area contributed by atoms with E-state index in [1.165, 1.54) is 46.2 Å². The van der Waals surface area contributed by atoms with E-state index in [0.717, 1.165) is 61.4 Å². The second kappa shape index (κ2) is 23.0. The third-order valence-electron chi connectivity index (χ3n) is 11.0. The van der Waals surface area contributed by atoms with Gasteiger partial charge in [-0.2, -0.15) is 0 Å². The molecule has 2 fully saturated rings. The lowest BCUT2D eigenvalue weighted by molar-refractivity contribution is -0.142. The molecule has 0 heterocycles. The summed E-state index contributed by atoms with van der Waals surface area (Å²) in [6.07, 6.45) is 7.23. The molecule has 16 nitrogen and oxygen atoms in total. The Labute approximate surface area is 382 Å². The molecule has 342 valence electrons. The normalized spacial score (nSPS) is 14.5. The van der Waals surface area contributed by atoms with Gasteiger partial charge in [-0.25, -0.2) is 30.6 Å². The van der Waals surface area contributed by atoms with Crippen molar-refractivity contribution in [1.29, 1.82) is 0 Å². The van der Waals surface area contributed by atoms with Crippen LogP contribution in [0.3, 0.4) is 0 Å². The number of urea groups is 2. The number of halogens is 4. The van der Waals surface area contributed by atoms with Crippen molar-refractivity contribution in [2.45, 2.75) is 91.9 Å². The molecular formula is C42H58Cl4N8O8. The number of carbonyl (C=O) groups is 6. The molecule has 2 aromatic carbocycles. The second-order valence-electron chi connectivity index (χ2n) is 17.9. The molecule has 2 aliphatic carbocycles. The molecule has 0 spiro atoms. The molecule has 2 saturated carbocycles. The smallest absolute Gasteiger partial charge is 0.333 e. The molecule has 0 radical (unpaired) electrons. The highest BCUT2D eigenvalue weighted by Crippen LogP contribution is 2.33. The van der Waals surface area contributed by atoms with Gasteiger partial charge in [0.2, 0.25) is 11.8 Å². The van der Waals surface area contributed by atoms with Crippen molar-refractivity contribution in [3.63, 3.8) is 0 Å². The van der Waals surface area contributed by atoms with Crippen LogP contribution < -0.4 is 21.6 Å². The zero-order valence-electron chi connectivity index (χ0n) is 35.6. The minimum absolute atomic E-state index is 0.153. The van der Waals surface area contributed by atoms with E-state index in [4.69, 9.17) is 46.4 Å². The van der Waals surface area contributed by atoms with E-state index in [9.17, 15) is 39.2 Å². The van der Waals surface area contributed by atoms with Crippen LogP contribution in [0.4, 0.5) is 21.0 Å². The molecule has 0 aliphatic heterocycles. The summed E-state index contributed by atoms with van der Waals surface area (Å²) < 4.78 is 0. The van der Waals surface area contributed by atoms with Gasteiger partial charge in [-0.15, -0.1) is 0 Å². The summed E-state index contributed by atoms with van der Waals surface area (Å²) >= 11 is 25.1. The van der Waals surface area contributed by atoms with Crippen molar-refractivity contribution < 1.29 is 39.2 Å². The Morgan fingerprint density at radius 1 is 0.597 bits per heavy atom. The van der Waals surface area contributed by atoms with Crippen LogP contribution in [0.25, 0.3) is 0 Å². The van der Waals surface area contributed by atoms with Crippen LogP contribution in [-0.2, 0) is 19.2 Å². The first kappa shape index (κ1) is 50.6. The van der Waals surface area contributed by atoms with Crippen molar-refractivity contribution in [2.24, 2.45) is 22.7 Å². The summed E-state index contributed by atoms with van der Waals surface area (Å²) in [5, 5.41) is 27.3. The number of nitrogens with one attached hydrogen (secondary N) is 4. The predicted octanol–water partition coefficient (Wildman–Crippen LogP) is 8.46. The van der Waals surface area contributed by atoms with E-state index >= 15 is 0 Å². The van der Waals surface area contributed by atoms with Crippen molar-refractivity contribution in [2.75, 3.05) is 49.9 Å². The van der Waals surface area contributed by atoms with Gasteiger partial charge in [0, 0.05) is 47.4 Å². The quantitative estimate of drug-likeness (QED) is 0.0631. The zero-order chi connectivity index (χ0) is 45.8. The lowest BCUT2D eigenvalue weighted by Crippen LogP contribution is -2.58. The van der Waals surface area contributed by atoms with Crippen LogP contribution in [0.15, 0.2) is 36.4 Å². The number of hydroxylamine groups is 2. The number of amides is 8. The minimum Gasteiger partial charge on any atom is -0.333 e. The molecule has 2 aliphatic rings. The van der Waals surface area contributed by atoms with Crippen LogP contribution in [-0.4, -0.2) is 105 Å². The maximum absolute atomic E-state index is 14.7. The van der Waals surface area contributed by atoms with Gasteiger partial charge in [0.15, 0.2) is 0 Å². The third kappa shape index (κ3) is 15.9. The summed E-state index contributed by atoms with van der Waals surface area (Å²) in [7, 11) is 0. The average Bonchev–Trinajstić information content (AvgIpc) is 3.91. The lowest BCUT2D eigenvalue weighted by atomic mass is 9.87. The fourth-order valence-corrected chi connectivity index (χ4v) is 8.83. The van der Waals surface area contributed by atoms with Crippen molar-refractivity contribution in [3.8, 4) is 0 Å². The van der Waals surface area contributed by atoms with E-state index in [0.29, 0.717) is 13.1 Å². The molecule has 8 amide bonds. The highest BCUT2D eigenvalue weighted by molar-refractivity contribution is 6.42. The standard InChI is InChI=1S/C42H58Cl4N8O8/c1-41(2,19-37(57)51(23-35(55)49-61)21-27-9-5-6-10-27)25-53(39(59)47-31-13-14-33(45)34(46)18-31)54(40(60)48-32-16-29(43)15-30(44)17-32)26-42(3,4)20-38(58)52(24-36(56)50-62)22-28-11-7-8-12-28/h13-18,27-28,61-62H,5-12,19-26H2,1-4H3,(H,47,59)(H,48,60)(H,49,55)(H,50,56). The summed E-state index contributed by atoms with van der Waals surface area (Å²) in [4.78, 5) is 85.0. The average molecular weight is 945 g/mol. The van der Waals surface area contributed by atoms with Crippen LogP contribution >= 0.6 is 46.4 Å². The van der Waals surface area contributed by atoms with Crippen molar-refractivity contribution >= 4 is 93.5 Å². The van der Waals surface area contributed by atoms with E-state index in [2.05, 4.69) is 10.6 Å². The summed E-state index contributed by atoms with van der Waals surface area (Å²) in [6.45, 7) is 6.29. The predicted molar refractivity (Wildman–Crippen MR) is 238 cm³/mol. The van der Waals surface area contributed by atoms with Gasteiger partial charge in [0.05, 0.1) is 23.1 Å². The Hall–Kier alpha value is -4.06. The van der Waals surface area contributed by atoms with Gasteiger partial charge in [-0.1, -0.05) is 99.8 Å². The Morgan fingerprint density at radius 2 is 1.00 bits per heavy atom. The summed E-state index contributed by atoms with van der Waals surface area (Å²) in [6, 6.07) is 7.24. The first-order chi connectivity index (χ1) is 29.2. The largest absolute Gasteiger partial charge is 0.340 e. The van der Waals surface area contributed by atoms with Crippen LogP contribution in [0, 0.1) is 22.7 Å². The molecule has 0 unspecified atom stereocenters. The van der Waals surface area contributed by atoms with Crippen LogP contribution in [0.5, 0.6) is 0 Å². The fraction of sp³-hybridized carbons (Fsp3) is 0.571. The maximum Gasteiger partial charge on any atom is 0.340 e. The first-order valence-corrected chi connectivity index (χ1v) is 22.2. The molecule has 62 heavy (non-hydrogen) atoms. The Kier molecular flexibility index (Phi) is 18.8. The zero-order valence-corrected chi connectivity index (χ0v) is 38.6. The molecule has 4 rings (SSSR count). The molecule has 20 heteroatoms. The topological polar surface area (TPSA) is 204 Å². The molecule has 0 bridgehead atoms. The number of hydrogen-bond acceptors (Lipinski definition) is 8.